The van der Waals surface area contributed by atoms with Crippen molar-refractivity contribution in [1.29, 1.82) is 0 Å². The van der Waals surface area contributed by atoms with Crippen molar-refractivity contribution in [3.63, 3.8) is 0 Å². The third kappa shape index (κ3) is 0.953. The Labute approximate surface area is 70.9 Å². The Kier molecular flexibility index (Phi) is 1.66. The second-order valence-electron chi connectivity index (χ2n) is 2.42. The predicted molar refractivity (Wildman–Crippen MR) is 36.9 cm³/mol. The Balaban J connectivity index is 2.51. The topological polar surface area (TPSA) is 26.0 Å². The maximum atomic E-state index is 5.87. The van der Waals surface area contributed by atoms with E-state index in [1.54, 1.807) is 3.57 Å². The van der Waals surface area contributed by atoms with Gasteiger partial charge in [-0.05, 0) is 0 Å². The average molecular weight is 246 g/mol. The molecule has 1 heterocycles. The van der Waals surface area contributed by atoms with Crippen molar-refractivity contribution in [2.45, 2.75) is 6.04 Å². The maximum absolute atomic E-state index is 5.87. The van der Waals surface area contributed by atoms with Gasteiger partial charge >= 0.3 is 70.8 Å². The number of hydrogen-bond donors (Lipinski definition) is 1. The molecule has 0 bridgehead atoms. The first kappa shape index (κ1) is 6.61. The van der Waals surface area contributed by atoms with Crippen LogP contribution in [0.25, 0.3) is 0 Å². The molecule has 0 aliphatic carbocycles. The molecule has 1 atom stereocenters. The Morgan fingerprint density at radius 1 is 1.40 bits per heavy atom. The van der Waals surface area contributed by atoms with E-state index in [0.29, 0.717) is 6.04 Å². The molecule has 2 rings (SSSR count). The molecule has 0 radical (unpaired) electrons. The van der Waals surface area contributed by atoms with Crippen LogP contribution in [0.5, 0.6) is 0 Å². The molecule has 0 aromatic heterocycles. The van der Waals surface area contributed by atoms with Crippen LogP contribution in [0, 0.1) is 3.57 Å². The van der Waals surface area contributed by atoms with Crippen molar-refractivity contribution in [3.05, 3.63) is 33.4 Å². The summed E-state index contributed by atoms with van der Waals surface area (Å²) in [4.78, 5) is 0. The zero-order valence-electron chi connectivity index (χ0n) is 5.55. The number of hydrogen-bond acceptors (Lipinski definition) is 1. The molecule has 2 N–H and O–H groups in total. The van der Waals surface area contributed by atoms with Crippen LogP contribution < -0.4 is 26.9 Å². The van der Waals surface area contributed by atoms with E-state index in [2.05, 4.69) is 24.3 Å². The van der Waals surface area contributed by atoms with Gasteiger partial charge in [-0.15, -0.1) is 0 Å². The van der Waals surface area contributed by atoms with Gasteiger partial charge in [0.25, 0.3) is 0 Å². The van der Waals surface area contributed by atoms with Gasteiger partial charge in [0.15, 0.2) is 0 Å². The standard InChI is InChI=1S/C8H9IN/c10-8-5-9-7-4-2-1-3-6(7)8/h1-4,8H,5,10H2/q-1/t8-/m1/s1. The third-order valence-corrected chi connectivity index (χ3v) is 4.89. The van der Waals surface area contributed by atoms with E-state index >= 15 is 0 Å². The molecular formula is C8H9IN-. The van der Waals surface area contributed by atoms with E-state index in [1.807, 2.05) is 0 Å². The number of rotatable bonds is 0. The van der Waals surface area contributed by atoms with E-state index in [4.69, 9.17) is 5.73 Å². The van der Waals surface area contributed by atoms with Crippen LogP contribution in [0.4, 0.5) is 0 Å². The molecule has 0 fully saturated rings. The number of benzene rings is 1. The monoisotopic (exact) mass is 246 g/mol. The van der Waals surface area contributed by atoms with Crippen molar-refractivity contribution in [1.82, 2.24) is 0 Å². The normalized spacial score (nSPS) is 23.5. The summed E-state index contributed by atoms with van der Waals surface area (Å²) in [7, 11) is 0. The number of alkyl halides is 1. The number of halogens is 1. The van der Waals surface area contributed by atoms with Crippen LogP contribution in [0.2, 0.25) is 0 Å². The second kappa shape index (κ2) is 2.51. The first-order valence-electron chi connectivity index (χ1n) is 3.31. The predicted octanol–water partition coefficient (Wildman–Crippen LogP) is -2.04. The summed E-state index contributed by atoms with van der Waals surface area (Å²) in [5.74, 6) is 0. The van der Waals surface area contributed by atoms with Crippen molar-refractivity contribution in [3.8, 4) is 0 Å². The van der Waals surface area contributed by atoms with Crippen molar-refractivity contribution < 1.29 is 21.2 Å². The summed E-state index contributed by atoms with van der Waals surface area (Å²) in [6, 6.07) is 8.91. The quantitative estimate of drug-likeness (QED) is 0.414. The molecule has 1 aliphatic heterocycles. The molecule has 54 valence electrons. The summed E-state index contributed by atoms with van der Waals surface area (Å²) in [5.41, 5.74) is 7.27. The summed E-state index contributed by atoms with van der Waals surface area (Å²) in [6.07, 6.45) is 0. The Bertz CT molecular complexity index is 247. The molecule has 1 aromatic carbocycles. The Morgan fingerprint density at radius 3 is 3.00 bits per heavy atom. The van der Waals surface area contributed by atoms with E-state index in [1.165, 1.54) is 9.99 Å². The molecule has 0 amide bonds. The van der Waals surface area contributed by atoms with Crippen molar-refractivity contribution in [2.75, 3.05) is 4.43 Å². The molecule has 2 heteroatoms. The van der Waals surface area contributed by atoms with Crippen LogP contribution in [-0.2, 0) is 0 Å². The molecule has 1 aromatic rings. The van der Waals surface area contributed by atoms with Crippen LogP contribution in [-0.4, -0.2) is 4.43 Å². The minimum absolute atomic E-state index is 0.257. The van der Waals surface area contributed by atoms with Crippen LogP contribution in [0.1, 0.15) is 11.6 Å². The number of nitrogens with two attached hydrogens (primary N) is 1. The van der Waals surface area contributed by atoms with E-state index in [9.17, 15) is 0 Å². The van der Waals surface area contributed by atoms with Gasteiger partial charge in [-0.3, -0.25) is 0 Å². The van der Waals surface area contributed by atoms with Gasteiger partial charge in [0, 0.05) is 0 Å². The van der Waals surface area contributed by atoms with Gasteiger partial charge < -0.3 is 0 Å². The summed E-state index contributed by atoms with van der Waals surface area (Å²) in [5, 5.41) is 0. The summed E-state index contributed by atoms with van der Waals surface area (Å²) < 4.78 is 2.78. The molecule has 1 aliphatic rings. The summed E-state index contributed by atoms with van der Waals surface area (Å²) >= 11 is 0.257. The Morgan fingerprint density at radius 2 is 2.20 bits per heavy atom. The molecular weight excluding hydrogens is 237 g/mol. The van der Waals surface area contributed by atoms with Crippen LogP contribution >= 0.6 is 0 Å². The first-order chi connectivity index (χ1) is 4.88. The zero-order valence-corrected chi connectivity index (χ0v) is 7.71. The van der Waals surface area contributed by atoms with Gasteiger partial charge in [-0.25, -0.2) is 0 Å². The minimum atomic E-state index is 0.257. The second-order valence-corrected chi connectivity index (χ2v) is 5.22. The van der Waals surface area contributed by atoms with Crippen LogP contribution in [0.15, 0.2) is 24.3 Å². The van der Waals surface area contributed by atoms with Crippen molar-refractivity contribution in [2.24, 2.45) is 5.73 Å². The fraction of sp³-hybridized carbons (Fsp3) is 0.250. The number of fused-ring (bicyclic) bond motifs is 1. The zero-order chi connectivity index (χ0) is 6.97. The third-order valence-electron chi connectivity index (χ3n) is 1.69. The molecule has 0 saturated heterocycles. The van der Waals surface area contributed by atoms with Gasteiger partial charge in [0.05, 0.1) is 0 Å². The van der Waals surface area contributed by atoms with Gasteiger partial charge in [-0.1, -0.05) is 0 Å². The summed E-state index contributed by atoms with van der Waals surface area (Å²) in [6.45, 7) is 0. The molecule has 0 unspecified atom stereocenters. The fourth-order valence-electron chi connectivity index (χ4n) is 1.15. The van der Waals surface area contributed by atoms with Crippen LogP contribution in [0.3, 0.4) is 0 Å². The van der Waals surface area contributed by atoms with E-state index in [-0.39, 0.29) is 21.2 Å². The van der Waals surface area contributed by atoms with Gasteiger partial charge in [0.2, 0.25) is 0 Å². The molecule has 10 heavy (non-hydrogen) atoms. The van der Waals surface area contributed by atoms with E-state index < -0.39 is 0 Å². The molecule has 0 saturated carbocycles. The fourth-order valence-corrected chi connectivity index (χ4v) is 4.05. The SMILES string of the molecule is N[C@@H]1C[I-]c2ccccc21. The average Bonchev–Trinajstić information content (AvgIpc) is 2.34. The Hall–Kier alpha value is -0.0900. The van der Waals surface area contributed by atoms with Gasteiger partial charge in [0.1, 0.15) is 0 Å². The van der Waals surface area contributed by atoms with E-state index in [0.717, 1.165) is 0 Å². The van der Waals surface area contributed by atoms with Crippen molar-refractivity contribution >= 4 is 0 Å². The molecule has 1 nitrogen and oxygen atoms in total. The van der Waals surface area contributed by atoms with Gasteiger partial charge in [-0.2, -0.15) is 0 Å². The first-order valence-corrected chi connectivity index (χ1v) is 5.92. The molecule has 0 spiro atoms.